The Morgan fingerprint density at radius 3 is 2.79 bits per heavy atom. The molecular weight excluding hydrogens is 326 g/mol. The van der Waals surface area contributed by atoms with Crippen molar-refractivity contribution in [1.29, 1.82) is 0 Å². The lowest BCUT2D eigenvalue weighted by atomic mass is 10.2. The van der Waals surface area contributed by atoms with E-state index in [0.29, 0.717) is 16.5 Å². The predicted octanol–water partition coefficient (Wildman–Crippen LogP) is 3.89. The zero-order valence-electron chi connectivity index (χ0n) is 13.8. The fourth-order valence-electron chi connectivity index (χ4n) is 2.02. The van der Waals surface area contributed by atoms with Crippen LogP contribution < -0.4 is 10.1 Å². The van der Waals surface area contributed by atoms with Crippen LogP contribution in [0.4, 0.5) is 5.00 Å². The monoisotopic (exact) mass is 345 g/mol. The molecule has 0 saturated carbocycles. The van der Waals surface area contributed by atoms with Gasteiger partial charge < -0.3 is 14.8 Å². The van der Waals surface area contributed by atoms with E-state index in [2.05, 4.69) is 5.32 Å². The summed E-state index contributed by atoms with van der Waals surface area (Å²) in [4.78, 5) is 24.3. The second-order valence-corrected chi connectivity index (χ2v) is 5.99. The van der Waals surface area contributed by atoms with Crippen LogP contribution in [-0.4, -0.2) is 25.6 Å². The molecule has 1 aromatic heterocycles. The van der Waals surface area contributed by atoms with E-state index in [4.69, 9.17) is 9.47 Å². The number of esters is 1. The van der Waals surface area contributed by atoms with Gasteiger partial charge in [0.1, 0.15) is 10.6 Å². The van der Waals surface area contributed by atoms with E-state index in [-0.39, 0.29) is 11.9 Å². The van der Waals surface area contributed by atoms with Crippen molar-refractivity contribution in [2.45, 2.75) is 13.8 Å². The normalized spacial score (nSPS) is 10.6. The van der Waals surface area contributed by atoms with E-state index in [1.54, 1.807) is 26.2 Å². The van der Waals surface area contributed by atoms with Gasteiger partial charge in [-0.3, -0.25) is 4.79 Å². The van der Waals surface area contributed by atoms with Gasteiger partial charge in [-0.15, -0.1) is 11.3 Å². The number of carbonyl (C=O) groups excluding carboxylic acids is 2. The zero-order chi connectivity index (χ0) is 17.5. The molecule has 2 aromatic rings. The number of amides is 1. The Labute approximate surface area is 144 Å². The summed E-state index contributed by atoms with van der Waals surface area (Å²) < 4.78 is 10.1. The Kier molecular flexibility index (Phi) is 6.14. The second kappa shape index (κ2) is 8.31. The number of hydrogen-bond donors (Lipinski definition) is 1. The minimum atomic E-state index is -0.368. The summed E-state index contributed by atoms with van der Waals surface area (Å²) in [7, 11) is 1.59. The summed E-state index contributed by atoms with van der Waals surface area (Å²) in [5.74, 6) is 0.0902. The molecule has 0 radical (unpaired) electrons. The fraction of sp³-hybridized carbons (Fsp3) is 0.222. The molecule has 0 unspecified atom stereocenters. The van der Waals surface area contributed by atoms with Gasteiger partial charge in [-0.2, -0.15) is 0 Å². The van der Waals surface area contributed by atoms with Crippen LogP contribution in [0.3, 0.4) is 0 Å². The standard InChI is InChI=1S/C18H19NO4S/c1-4-23-18(21)17-12(2)10-16(24-17)19-15(20)9-8-13-6-5-7-14(11-13)22-3/h5-11H,4H2,1-3H3,(H,19,20)/b9-8+. The van der Waals surface area contributed by atoms with Gasteiger partial charge in [-0.05, 0) is 49.2 Å². The Morgan fingerprint density at radius 2 is 2.08 bits per heavy atom. The zero-order valence-corrected chi connectivity index (χ0v) is 14.6. The molecule has 0 fully saturated rings. The summed E-state index contributed by atoms with van der Waals surface area (Å²) in [6.07, 6.45) is 3.14. The number of ether oxygens (including phenoxy) is 2. The first-order valence-corrected chi connectivity index (χ1v) is 8.25. The summed E-state index contributed by atoms with van der Waals surface area (Å²) >= 11 is 1.20. The van der Waals surface area contributed by atoms with Gasteiger partial charge in [0.25, 0.3) is 0 Å². The van der Waals surface area contributed by atoms with Crippen LogP contribution in [0.25, 0.3) is 6.08 Å². The van der Waals surface area contributed by atoms with Crippen molar-refractivity contribution in [3.8, 4) is 5.75 Å². The molecular formula is C18H19NO4S. The van der Waals surface area contributed by atoms with Crippen molar-refractivity contribution in [3.05, 3.63) is 52.4 Å². The Hall–Kier alpha value is -2.60. The number of hydrogen-bond acceptors (Lipinski definition) is 5. The van der Waals surface area contributed by atoms with Crippen LogP contribution >= 0.6 is 11.3 Å². The van der Waals surface area contributed by atoms with Gasteiger partial charge in [0.05, 0.1) is 18.7 Å². The SMILES string of the molecule is CCOC(=O)c1sc(NC(=O)/C=C/c2cccc(OC)c2)cc1C. The summed E-state index contributed by atoms with van der Waals surface area (Å²) in [5, 5.41) is 3.36. The van der Waals surface area contributed by atoms with Gasteiger partial charge in [0.2, 0.25) is 5.91 Å². The molecule has 1 N–H and O–H groups in total. The molecule has 1 heterocycles. The molecule has 5 nitrogen and oxygen atoms in total. The van der Waals surface area contributed by atoms with Crippen LogP contribution in [0, 0.1) is 6.92 Å². The first-order valence-electron chi connectivity index (χ1n) is 7.44. The molecule has 0 aliphatic rings. The highest BCUT2D eigenvalue weighted by atomic mass is 32.1. The van der Waals surface area contributed by atoms with Crippen LogP contribution in [0.15, 0.2) is 36.4 Å². The number of rotatable bonds is 6. The van der Waals surface area contributed by atoms with Crippen molar-refractivity contribution in [3.63, 3.8) is 0 Å². The van der Waals surface area contributed by atoms with Crippen molar-refractivity contribution in [1.82, 2.24) is 0 Å². The number of carbonyl (C=O) groups is 2. The molecule has 1 amide bonds. The molecule has 1 aromatic carbocycles. The van der Waals surface area contributed by atoms with E-state index in [1.807, 2.05) is 31.2 Å². The molecule has 2 rings (SSSR count). The Morgan fingerprint density at radius 1 is 1.29 bits per heavy atom. The number of aryl methyl sites for hydroxylation is 1. The average Bonchev–Trinajstić information content (AvgIpc) is 2.93. The van der Waals surface area contributed by atoms with Gasteiger partial charge >= 0.3 is 5.97 Å². The molecule has 24 heavy (non-hydrogen) atoms. The van der Waals surface area contributed by atoms with Crippen LogP contribution in [0.1, 0.15) is 27.7 Å². The van der Waals surface area contributed by atoms with Crippen molar-refractivity contribution in [2.24, 2.45) is 0 Å². The molecule has 0 aliphatic heterocycles. The summed E-state index contributed by atoms with van der Waals surface area (Å²) in [6.45, 7) is 3.89. The number of methoxy groups -OCH3 is 1. The van der Waals surface area contributed by atoms with Gasteiger partial charge in [-0.1, -0.05) is 12.1 Å². The van der Waals surface area contributed by atoms with Crippen LogP contribution in [-0.2, 0) is 9.53 Å². The van der Waals surface area contributed by atoms with Crippen molar-refractivity contribution < 1.29 is 19.1 Å². The number of thiophene rings is 1. The molecule has 0 aliphatic carbocycles. The lowest BCUT2D eigenvalue weighted by Crippen LogP contribution is -2.06. The first-order chi connectivity index (χ1) is 11.5. The third-order valence-electron chi connectivity index (χ3n) is 3.15. The molecule has 0 atom stereocenters. The summed E-state index contributed by atoms with van der Waals surface area (Å²) in [5.41, 5.74) is 1.64. The number of anilines is 1. The maximum Gasteiger partial charge on any atom is 0.348 e. The topological polar surface area (TPSA) is 64.6 Å². The van der Waals surface area contributed by atoms with Gasteiger partial charge in [0.15, 0.2) is 0 Å². The smallest absolute Gasteiger partial charge is 0.348 e. The maximum atomic E-state index is 12.0. The van der Waals surface area contributed by atoms with Crippen molar-refractivity contribution in [2.75, 3.05) is 19.0 Å². The molecule has 0 bridgehead atoms. The minimum Gasteiger partial charge on any atom is -0.497 e. The first kappa shape index (κ1) is 17.7. The highest BCUT2D eigenvalue weighted by Gasteiger charge is 2.15. The molecule has 126 valence electrons. The average molecular weight is 345 g/mol. The largest absolute Gasteiger partial charge is 0.497 e. The third kappa shape index (κ3) is 4.70. The molecule has 0 saturated heterocycles. The predicted molar refractivity (Wildman–Crippen MR) is 95.7 cm³/mol. The van der Waals surface area contributed by atoms with Crippen molar-refractivity contribution >= 4 is 34.3 Å². The minimum absolute atomic E-state index is 0.269. The third-order valence-corrected chi connectivity index (χ3v) is 4.28. The van der Waals surface area contributed by atoms with E-state index in [9.17, 15) is 9.59 Å². The lowest BCUT2D eigenvalue weighted by Gasteiger charge is -2.00. The fourth-order valence-corrected chi connectivity index (χ4v) is 2.99. The van der Waals surface area contributed by atoms with Crippen LogP contribution in [0.5, 0.6) is 5.75 Å². The summed E-state index contributed by atoms with van der Waals surface area (Å²) in [6, 6.07) is 9.15. The van der Waals surface area contributed by atoms with Crippen LogP contribution in [0.2, 0.25) is 0 Å². The maximum absolute atomic E-state index is 12.0. The van der Waals surface area contributed by atoms with E-state index >= 15 is 0 Å². The van der Waals surface area contributed by atoms with E-state index in [1.165, 1.54) is 17.4 Å². The second-order valence-electron chi connectivity index (χ2n) is 4.94. The van der Waals surface area contributed by atoms with E-state index < -0.39 is 0 Å². The number of nitrogens with one attached hydrogen (secondary N) is 1. The highest BCUT2D eigenvalue weighted by molar-refractivity contribution is 7.18. The van der Waals surface area contributed by atoms with E-state index in [0.717, 1.165) is 16.9 Å². The van der Waals surface area contributed by atoms with Gasteiger partial charge in [0, 0.05) is 6.08 Å². The molecule has 0 spiro atoms. The Balaban J connectivity index is 2.03. The number of benzene rings is 1. The lowest BCUT2D eigenvalue weighted by molar-refractivity contribution is -0.111. The Bertz CT molecular complexity index is 764. The highest BCUT2D eigenvalue weighted by Crippen LogP contribution is 2.27. The quantitative estimate of drug-likeness (QED) is 0.637. The van der Waals surface area contributed by atoms with Gasteiger partial charge in [-0.25, -0.2) is 4.79 Å². The molecule has 6 heteroatoms.